The van der Waals surface area contributed by atoms with E-state index in [1.165, 1.54) is 0 Å². The van der Waals surface area contributed by atoms with Gasteiger partial charge in [-0.3, -0.25) is 0 Å². The molecule has 1 aromatic heterocycles. The van der Waals surface area contributed by atoms with E-state index in [-0.39, 0.29) is 12.7 Å². The summed E-state index contributed by atoms with van der Waals surface area (Å²) in [5, 5.41) is 10.6. The first kappa shape index (κ1) is 32.2. The van der Waals surface area contributed by atoms with Crippen LogP contribution in [0.2, 0.25) is 0 Å². The van der Waals surface area contributed by atoms with Crippen LogP contribution in [-0.2, 0) is 45.1 Å². The first-order chi connectivity index (χ1) is 22.9. The molecule has 47 heavy (non-hydrogen) atoms. The van der Waals surface area contributed by atoms with Crippen molar-refractivity contribution in [1.29, 1.82) is 0 Å². The summed E-state index contributed by atoms with van der Waals surface area (Å²) < 4.78 is 27.2. The van der Waals surface area contributed by atoms with Gasteiger partial charge in [0.25, 0.3) is 0 Å². The van der Waals surface area contributed by atoms with Crippen molar-refractivity contribution >= 4 is 5.97 Å². The number of aryl methyl sites for hydroxylation is 2. The van der Waals surface area contributed by atoms with Crippen LogP contribution in [0, 0.1) is 0 Å². The van der Waals surface area contributed by atoms with Crippen LogP contribution in [0.1, 0.15) is 54.2 Å². The maximum atomic E-state index is 13.0. The van der Waals surface area contributed by atoms with E-state index in [1.807, 2.05) is 129 Å². The van der Waals surface area contributed by atoms with Gasteiger partial charge in [0.1, 0.15) is 35.6 Å². The van der Waals surface area contributed by atoms with Gasteiger partial charge in [-0.05, 0) is 67.6 Å². The van der Waals surface area contributed by atoms with Crippen LogP contribution in [0.3, 0.4) is 0 Å². The van der Waals surface area contributed by atoms with E-state index < -0.39 is 30.3 Å². The number of hydrogen-bond acceptors (Lipinski definition) is 6. The molecule has 1 aliphatic heterocycles. The van der Waals surface area contributed by atoms with Gasteiger partial charge < -0.3 is 28.6 Å². The SMILES string of the molecule is CC(C)O[C@H]1[C@H](OCc2ccccc2)[C@@H](OCc2ccccc2)c2nc(CCc3cccc(Oc4ccccc4)c3)cn2[C@@H]1C(=O)O. The molecule has 2 heterocycles. The summed E-state index contributed by atoms with van der Waals surface area (Å²) in [6.45, 7) is 4.38. The summed E-state index contributed by atoms with van der Waals surface area (Å²) in [6, 6.07) is 36.3. The fraction of sp³-hybridized carbons (Fsp3) is 0.282. The van der Waals surface area contributed by atoms with Crippen molar-refractivity contribution < 1.29 is 28.8 Å². The summed E-state index contributed by atoms with van der Waals surface area (Å²) in [5.74, 6) is 1.03. The van der Waals surface area contributed by atoms with Gasteiger partial charge in [0.15, 0.2) is 6.04 Å². The van der Waals surface area contributed by atoms with Gasteiger partial charge in [-0.1, -0.05) is 91.0 Å². The topological polar surface area (TPSA) is 92.0 Å². The Morgan fingerprint density at radius 1 is 0.745 bits per heavy atom. The third-order valence-electron chi connectivity index (χ3n) is 8.09. The van der Waals surface area contributed by atoms with Gasteiger partial charge >= 0.3 is 5.97 Å². The van der Waals surface area contributed by atoms with Crippen LogP contribution < -0.4 is 4.74 Å². The van der Waals surface area contributed by atoms with E-state index in [2.05, 4.69) is 6.07 Å². The van der Waals surface area contributed by atoms with Crippen molar-refractivity contribution in [3.8, 4) is 11.5 Å². The van der Waals surface area contributed by atoms with Crippen LogP contribution in [0.25, 0.3) is 0 Å². The Balaban J connectivity index is 1.30. The molecule has 0 amide bonds. The fourth-order valence-corrected chi connectivity index (χ4v) is 5.94. The summed E-state index contributed by atoms with van der Waals surface area (Å²) in [4.78, 5) is 18.0. The molecule has 5 aromatic rings. The molecule has 4 atom stereocenters. The standard InChI is InChI=1S/C39H40N2O6/c1-27(2)46-35-34(39(42)43)41-24-31(22-21-28-17-12-20-33(23-28)47-32-18-10-5-11-19-32)40-38(41)37(45-26-30-15-8-4-9-16-30)36(35)44-25-29-13-6-3-7-14-29/h3-20,23-24,27,34-37H,21-22,25-26H2,1-2H3,(H,42,43)/t34-,35+,36-,37+/m0/s1. The second-order valence-electron chi connectivity index (χ2n) is 12.0. The number of rotatable bonds is 14. The zero-order valence-electron chi connectivity index (χ0n) is 26.6. The number of fused-ring (bicyclic) bond motifs is 1. The van der Waals surface area contributed by atoms with E-state index in [0.717, 1.165) is 33.9 Å². The van der Waals surface area contributed by atoms with E-state index >= 15 is 0 Å². The molecule has 0 fully saturated rings. The summed E-state index contributed by atoms with van der Waals surface area (Å²) >= 11 is 0. The molecule has 4 aromatic carbocycles. The van der Waals surface area contributed by atoms with Crippen molar-refractivity contribution in [3.05, 3.63) is 150 Å². The van der Waals surface area contributed by atoms with Gasteiger partial charge in [0, 0.05) is 6.20 Å². The average molecular weight is 633 g/mol. The molecular formula is C39H40N2O6. The number of carboxylic acid groups (broad SMARTS) is 1. The second kappa shape index (κ2) is 15.2. The minimum absolute atomic E-state index is 0.241. The summed E-state index contributed by atoms with van der Waals surface area (Å²) in [6.07, 6.45) is 0.661. The van der Waals surface area contributed by atoms with Gasteiger partial charge in [-0.15, -0.1) is 0 Å². The molecule has 0 spiro atoms. The zero-order valence-corrected chi connectivity index (χ0v) is 26.6. The Morgan fingerprint density at radius 3 is 1.98 bits per heavy atom. The Morgan fingerprint density at radius 2 is 1.34 bits per heavy atom. The van der Waals surface area contributed by atoms with Gasteiger partial charge in [0.05, 0.1) is 25.0 Å². The Labute approximate surface area is 275 Å². The number of ether oxygens (including phenoxy) is 4. The summed E-state index contributed by atoms with van der Waals surface area (Å²) in [5.41, 5.74) is 3.81. The normalized spacial score (nSPS) is 19.0. The molecule has 1 N–H and O–H groups in total. The number of imidazole rings is 1. The minimum atomic E-state index is -1.05. The molecule has 8 heteroatoms. The molecule has 8 nitrogen and oxygen atoms in total. The highest BCUT2D eigenvalue weighted by atomic mass is 16.6. The van der Waals surface area contributed by atoms with Gasteiger partial charge in [-0.25, -0.2) is 9.78 Å². The number of hydrogen-bond donors (Lipinski definition) is 1. The Kier molecular flexibility index (Phi) is 10.4. The smallest absolute Gasteiger partial charge is 0.329 e. The van der Waals surface area contributed by atoms with Crippen molar-refractivity contribution in [2.45, 2.75) is 70.4 Å². The third kappa shape index (κ3) is 8.16. The van der Waals surface area contributed by atoms with Crippen LogP contribution in [0.4, 0.5) is 0 Å². The van der Waals surface area contributed by atoms with E-state index in [1.54, 1.807) is 4.57 Å². The van der Waals surface area contributed by atoms with Crippen molar-refractivity contribution in [1.82, 2.24) is 9.55 Å². The monoisotopic (exact) mass is 632 g/mol. The predicted molar refractivity (Wildman–Crippen MR) is 178 cm³/mol. The maximum absolute atomic E-state index is 13.0. The molecule has 0 bridgehead atoms. The van der Waals surface area contributed by atoms with Crippen molar-refractivity contribution in [2.75, 3.05) is 0 Å². The Bertz CT molecular complexity index is 1720. The van der Waals surface area contributed by atoms with Crippen LogP contribution in [-0.4, -0.2) is 38.9 Å². The van der Waals surface area contributed by atoms with Crippen molar-refractivity contribution in [2.24, 2.45) is 0 Å². The molecule has 1 aliphatic rings. The lowest BCUT2D eigenvalue weighted by atomic mass is 9.94. The molecule has 0 unspecified atom stereocenters. The van der Waals surface area contributed by atoms with Crippen LogP contribution in [0.5, 0.6) is 11.5 Å². The third-order valence-corrected chi connectivity index (χ3v) is 8.09. The molecule has 0 radical (unpaired) electrons. The van der Waals surface area contributed by atoms with E-state index in [9.17, 15) is 9.90 Å². The average Bonchev–Trinajstić information content (AvgIpc) is 3.50. The second-order valence-corrected chi connectivity index (χ2v) is 12.0. The number of nitrogens with zero attached hydrogens (tertiary/aromatic N) is 2. The number of aromatic nitrogens is 2. The highest BCUT2D eigenvalue weighted by Crippen LogP contribution is 2.40. The number of para-hydroxylation sites is 1. The quantitative estimate of drug-likeness (QED) is 0.134. The number of benzene rings is 4. The fourth-order valence-electron chi connectivity index (χ4n) is 5.94. The Hall–Kier alpha value is -4.76. The van der Waals surface area contributed by atoms with E-state index in [4.69, 9.17) is 23.9 Å². The van der Waals surface area contributed by atoms with Gasteiger partial charge in [-0.2, -0.15) is 0 Å². The van der Waals surface area contributed by atoms with Crippen LogP contribution in [0.15, 0.2) is 121 Å². The maximum Gasteiger partial charge on any atom is 0.329 e. The lowest BCUT2D eigenvalue weighted by Gasteiger charge is -2.42. The molecule has 0 saturated carbocycles. The molecule has 0 aliphatic carbocycles. The van der Waals surface area contributed by atoms with E-state index in [0.29, 0.717) is 25.3 Å². The lowest BCUT2D eigenvalue weighted by molar-refractivity contribution is -0.196. The molecule has 242 valence electrons. The highest BCUT2D eigenvalue weighted by Gasteiger charge is 2.50. The largest absolute Gasteiger partial charge is 0.480 e. The number of aliphatic carboxylic acids is 1. The first-order valence-electron chi connectivity index (χ1n) is 16.0. The van der Waals surface area contributed by atoms with Gasteiger partial charge in [0.2, 0.25) is 0 Å². The van der Waals surface area contributed by atoms with Crippen LogP contribution >= 0.6 is 0 Å². The number of carbonyl (C=O) groups is 1. The predicted octanol–water partition coefficient (Wildman–Crippen LogP) is 7.74. The first-order valence-corrected chi connectivity index (χ1v) is 16.0. The number of carboxylic acids is 1. The minimum Gasteiger partial charge on any atom is -0.480 e. The molecule has 0 saturated heterocycles. The highest BCUT2D eigenvalue weighted by molar-refractivity contribution is 5.73. The van der Waals surface area contributed by atoms with Crippen molar-refractivity contribution in [3.63, 3.8) is 0 Å². The lowest BCUT2D eigenvalue weighted by Crippen LogP contribution is -2.51. The summed E-state index contributed by atoms with van der Waals surface area (Å²) in [7, 11) is 0. The molecular weight excluding hydrogens is 592 g/mol. The zero-order chi connectivity index (χ0) is 32.6. The molecule has 6 rings (SSSR count).